The van der Waals surface area contributed by atoms with Gasteiger partial charge in [0.05, 0.1) is 36.6 Å². The Morgan fingerprint density at radius 1 is 0.803 bits per heavy atom. The molecule has 7 heterocycles. The Bertz CT molecular complexity index is 2520. The van der Waals surface area contributed by atoms with Crippen LogP contribution in [0.3, 0.4) is 0 Å². The minimum absolute atomic E-state index is 0.0151. The van der Waals surface area contributed by atoms with E-state index in [1.807, 2.05) is 23.6 Å². The van der Waals surface area contributed by atoms with Crippen molar-refractivity contribution in [2.45, 2.75) is 84.2 Å². The summed E-state index contributed by atoms with van der Waals surface area (Å²) in [5, 5.41) is 20.8. The first-order chi connectivity index (χ1) is 31.6. The molecule has 3 saturated heterocycles. The molecule has 0 radical (unpaired) electrons. The molecule has 3 fully saturated rings. The number of nitrogens with zero attached hydrogens (tertiary/aromatic N) is 8. The lowest BCUT2D eigenvalue weighted by Crippen LogP contribution is -2.48. The topological polar surface area (TPSA) is 182 Å². The molecule has 5 aliphatic rings. The second-order valence-electron chi connectivity index (χ2n) is 18.6. The van der Waals surface area contributed by atoms with E-state index in [4.69, 9.17) is 10.5 Å². The lowest BCUT2D eigenvalue weighted by atomic mass is 9.90. The van der Waals surface area contributed by atoms with E-state index in [0.29, 0.717) is 95.4 Å². The van der Waals surface area contributed by atoms with E-state index in [1.165, 1.54) is 6.07 Å². The van der Waals surface area contributed by atoms with Crippen LogP contribution in [0.1, 0.15) is 94.9 Å². The average molecular weight is 912 g/mol. The zero-order valence-electron chi connectivity index (χ0n) is 37.3. The number of phenolic OH excluding ortho intramolecular Hbond substituents is 2. The van der Waals surface area contributed by atoms with Crippen LogP contribution in [0, 0.1) is 11.8 Å². The van der Waals surface area contributed by atoms with Gasteiger partial charge in [-0.2, -0.15) is 13.2 Å². The summed E-state index contributed by atoms with van der Waals surface area (Å²) >= 11 is 0. The average Bonchev–Trinajstić information content (AvgIpc) is 3.74. The number of nitrogen functional groups attached to an aromatic ring is 1. The Morgan fingerprint density at radius 2 is 1.48 bits per heavy atom. The number of piperidine rings is 2. The third-order valence-electron chi connectivity index (χ3n) is 13.9. The number of aromatic nitrogens is 3. The van der Waals surface area contributed by atoms with Crippen molar-refractivity contribution >= 4 is 29.4 Å². The number of pyridine rings is 1. The van der Waals surface area contributed by atoms with E-state index >= 15 is 0 Å². The molecule has 0 unspecified atom stereocenters. The number of nitrogens with two attached hydrogens (primary N) is 1. The molecule has 0 bridgehead atoms. The second-order valence-corrected chi connectivity index (χ2v) is 18.6. The molecule has 15 nitrogen and oxygen atoms in total. The molecule has 4 aromatic rings. The molecule has 66 heavy (non-hydrogen) atoms. The first kappa shape index (κ1) is 45.2. The van der Waals surface area contributed by atoms with E-state index in [0.717, 1.165) is 67.0 Å². The van der Waals surface area contributed by atoms with Crippen molar-refractivity contribution in [3.05, 3.63) is 87.2 Å². The monoisotopic (exact) mass is 911 g/mol. The van der Waals surface area contributed by atoms with Crippen LogP contribution < -0.4 is 10.6 Å². The highest BCUT2D eigenvalue weighted by molar-refractivity contribution is 5.97. The summed E-state index contributed by atoms with van der Waals surface area (Å²) in [6, 6.07) is 9.91. The van der Waals surface area contributed by atoms with Crippen molar-refractivity contribution < 1.29 is 42.5 Å². The number of halogens is 3. The largest absolute Gasteiger partial charge is 0.508 e. The highest BCUT2D eigenvalue weighted by Gasteiger charge is 2.39. The van der Waals surface area contributed by atoms with Crippen molar-refractivity contribution in [1.82, 2.24) is 34.6 Å². The predicted molar refractivity (Wildman–Crippen MR) is 238 cm³/mol. The van der Waals surface area contributed by atoms with Gasteiger partial charge in [0.1, 0.15) is 23.1 Å². The molecule has 0 saturated carbocycles. The van der Waals surface area contributed by atoms with Crippen LogP contribution in [-0.4, -0.2) is 122 Å². The van der Waals surface area contributed by atoms with Crippen molar-refractivity contribution in [3.63, 3.8) is 0 Å². The Hall–Kier alpha value is -6.01. The third kappa shape index (κ3) is 9.21. The Kier molecular flexibility index (Phi) is 12.6. The Morgan fingerprint density at radius 3 is 2.18 bits per heavy atom. The fourth-order valence-electron chi connectivity index (χ4n) is 10.2. The normalized spacial score (nSPS) is 18.8. The molecule has 3 amide bonds. The van der Waals surface area contributed by atoms with Gasteiger partial charge < -0.3 is 40.3 Å². The van der Waals surface area contributed by atoms with Gasteiger partial charge in [0.15, 0.2) is 5.82 Å². The molecule has 5 aliphatic heterocycles. The Labute approximate surface area is 381 Å². The Balaban J connectivity index is 0.779. The number of morpholine rings is 1. The highest BCUT2D eigenvalue weighted by Crippen LogP contribution is 2.39. The summed E-state index contributed by atoms with van der Waals surface area (Å²) in [7, 11) is 0. The SMILES string of the molecule is CC(C)c1cc(C(=O)N2Cc3ccc(CN4CCC(C(=O)N5CCC(C(=O)N6CCc7c(nc(-c8cnc(N)cc8C(F)(F)F)nc7N7CCOCC7)C6)CC5)CC4)cc3C2)c(O)cc1O. The van der Waals surface area contributed by atoms with Crippen molar-refractivity contribution in [1.29, 1.82) is 0 Å². The number of alkyl halides is 3. The molecule has 0 atom stereocenters. The molecule has 2 aromatic carbocycles. The van der Waals surface area contributed by atoms with Gasteiger partial charge in [0.25, 0.3) is 5.91 Å². The van der Waals surface area contributed by atoms with Crippen LogP contribution in [0.5, 0.6) is 11.5 Å². The second kappa shape index (κ2) is 18.3. The lowest BCUT2D eigenvalue weighted by Gasteiger charge is -2.39. The number of ether oxygens (including phenoxy) is 1. The van der Waals surface area contributed by atoms with E-state index in [2.05, 4.69) is 38.1 Å². The minimum Gasteiger partial charge on any atom is -0.508 e. The summed E-state index contributed by atoms with van der Waals surface area (Å²) < 4.78 is 48.2. The number of fused-ring (bicyclic) bond motifs is 2. The fraction of sp³-hybridized carbons (Fsp3) is 0.500. The minimum atomic E-state index is -4.72. The standard InChI is InChI=1S/C48H56F3N9O6/c1-28(2)35-20-36(41(62)22-40(35)61)47(65)60-25-32-4-3-29(19-33(32)26-60)24-56-10-5-30(6-11-56)45(63)58-12-7-31(8-13-58)46(64)59-14-9-34-39(27-59)54-43(55-44(34)57-15-17-66-18-16-57)37-23-53-42(52)21-38(37)48(49,50)51/h3-4,19-23,28,30-31,61-62H,5-18,24-27H2,1-2H3,(H2,52,53). The van der Waals surface area contributed by atoms with Gasteiger partial charge >= 0.3 is 6.18 Å². The van der Waals surface area contributed by atoms with Gasteiger partial charge in [0, 0.05) is 87.6 Å². The quantitative estimate of drug-likeness (QED) is 0.197. The number of likely N-dealkylation sites (tertiary alicyclic amines) is 2. The molecule has 0 aliphatic carbocycles. The number of aromatic hydroxyl groups is 2. The van der Waals surface area contributed by atoms with E-state index in [-0.39, 0.29) is 76.3 Å². The lowest BCUT2D eigenvalue weighted by molar-refractivity contribution is -0.144. The van der Waals surface area contributed by atoms with Gasteiger partial charge in [-0.1, -0.05) is 32.0 Å². The van der Waals surface area contributed by atoms with Crippen LogP contribution in [0.25, 0.3) is 11.4 Å². The van der Waals surface area contributed by atoms with E-state index in [9.17, 15) is 37.8 Å². The summed E-state index contributed by atoms with van der Waals surface area (Å²) in [6.07, 6.45) is -0.675. The molecular weight excluding hydrogens is 856 g/mol. The summed E-state index contributed by atoms with van der Waals surface area (Å²) in [6.45, 7) is 10.5. The van der Waals surface area contributed by atoms with Crippen molar-refractivity contribution in [2.75, 3.05) is 69.7 Å². The molecule has 0 spiro atoms. The zero-order valence-corrected chi connectivity index (χ0v) is 37.3. The fourth-order valence-corrected chi connectivity index (χ4v) is 10.2. The predicted octanol–water partition coefficient (Wildman–Crippen LogP) is 5.70. The molecule has 350 valence electrons. The molecule has 4 N–H and O–H groups in total. The smallest absolute Gasteiger partial charge is 0.417 e. The van der Waals surface area contributed by atoms with Gasteiger partial charge in [0.2, 0.25) is 11.8 Å². The number of amides is 3. The maximum atomic E-state index is 14.2. The van der Waals surface area contributed by atoms with Crippen LogP contribution in [0.2, 0.25) is 0 Å². The summed E-state index contributed by atoms with van der Waals surface area (Å²) in [5.41, 5.74) is 9.78. The molecule has 9 rings (SSSR count). The molecular formula is C48H56F3N9O6. The highest BCUT2D eigenvalue weighted by atomic mass is 19.4. The summed E-state index contributed by atoms with van der Waals surface area (Å²) in [4.78, 5) is 64.3. The van der Waals surface area contributed by atoms with Crippen molar-refractivity contribution in [2.24, 2.45) is 11.8 Å². The van der Waals surface area contributed by atoms with Crippen LogP contribution in [0.4, 0.5) is 24.8 Å². The molecule has 18 heteroatoms. The van der Waals surface area contributed by atoms with Gasteiger partial charge in [-0.15, -0.1) is 0 Å². The van der Waals surface area contributed by atoms with Gasteiger partial charge in [-0.3, -0.25) is 19.3 Å². The maximum Gasteiger partial charge on any atom is 0.417 e. The molecule has 2 aromatic heterocycles. The number of carbonyl (C=O) groups excluding carboxylic acids is 3. The first-order valence-corrected chi connectivity index (χ1v) is 22.9. The number of anilines is 2. The number of hydrogen-bond acceptors (Lipinski definition) is 12. The number of hydrogen-bond donors (Lipinski definition) is 3. The number of phenols is 2. The number of rotatable bonds is 8. The zero-order chi connectivity index (χ0) is 46.4. The van der Waals surface area contributed by atoms with Crippen LogP contribution in [0.15, 0.2) is 42.6 Å². The third-order valence-corrected chi connectivity index (χ3v) is 13.9. The number of carbonyl (C=O) groups is 3. The van der Waals surface area contributed by atoms with Gasteiger partial charge in [-0.25, -0.2) is 15.0 Å². The summed E-state index contributed by atoms with van der Waals surface area (Å²) in [5.74, 6) is -0.693. The van der Waals surface area contributed by atoms with Crippen LogP contribution >= 0.6 is 0 Å². The maximum absolute atomic E-state index is 14.2. The van der Waals surface area contributed by atoms with Crippen molar-refractivity contribution in [3.8, 4) is 22.9 Å². The number of benzene rings is 2. The van der Waals surface area contributed by atoms with Gasteiger partial charge in [-0.05, 0) is 85.5 Å². The van der Waals surface area contributed by atoms with E-state index in [1.54, 1.807) is 15.9 Å². The van der Waals surface area contributed by atoms with Crippen LogP contribution in [-0.2, 0) is 53.1 Å². The first-order valence-electron chi connectivity index (χ1n) is 22.9. The van der Waals surface area contributed by atoms with E-state index < -0.39 is 11.7 Å².